The number of phenolic OH excluding ortho intramolecular Hbond substituents is 1. The first-order valence-corrected chi connectivity index (χ1v) is 10.3. The number of nitrogens with one attached hydrogen (secondary N) is 1. The van der Waals surface area contributed by atoms with Crippen molar-refractivity contribution >= 4 is 5.91 Å². The minimum atomic E-state index is -0.401. The zero-order chi connectivity index (χ0) is 22.2. The molecule has 2 aromatic heterocycles. The number of hydrogen-bond acceptors (Lipinski definition) is 5. The van der Waals surface area contributed by atoms with Crippen molar-refractivity contribution < 1.29 is 14.6 Å². The molecule has 1 aliphatic rings. The number of aromatic nitrogens is 3. The summed E-state index contributed by atoms with van der Waals surface area (Å²) in [5.41, 5.74) is 5.14. The van der Waals surface area contributed by atoms with Crippen LogP contribution >= 0.6 is 0 Å². The molecule has 0 saturated heterocycles. The molecule has 7 heteroatoms. The summed E-state index contributed by atoms with van der Waals surface area (Å²) in [7, 11) is 1.62. The molecule has 1 atom stereocenters. The molecule has 0 saturated carbocycles. The van der Waals surface area contributed by atoms with E-state index in [0.29, 0.717) is 29.2 Å². The molecule has 0 bridgehead atoms. The lowest BCUT2D eigenvalue weighted by Gasteiger charge is -2.26. The summed E-state index contributed by atoms with van der Waals surface area (Å²) >= 11 is 0. The van der Waals surface area contributed by atoms with Gasteiger partial charge >= 0.3 is 0 Å². The summed E-state index contributed by atoms with van der Waals surface area (Å²) in [4.78, 5) is 19.5. The first kappa shape index (κ1) is 19.8. The Morgan fingerprint density at radius 1 is 1.16 bits per heavy atom. The summed E-state index contributed by atoms with van der Waals surface area (Å²) in [6.07, 6.45) is 3.47. The van der Waals surface area contributed by atoms with E-state index in [1.807, 2.05) is 55.5 Å². The Morgan fingerprint density at radius 3 is 2.81 bits per heavy atom. The minimum Gasteiger partial charge on any atom is -0.507 e. The molecular weight excluding hydrogens is 404 g/mol. The van der Waals surface area contributed by atoms with Crippen LogP contribution in [-0.4, -0.2) is 38.2 Å². The highest BCUT2D eigenvalue weighted by molar-refractivity contribution is 6.00. The highest BCUT2D eigenvalue weighted by atomic mass is 16.5. The van der Waals surface area contributed by atoms with Crippen molar-refractivity contribution in [1.82, 2.24) is 20.1 Å². The molecule has 0 unspecified atom stereocenters. The fourth-order valence-corrected chi connectivity index (χ4v) is 4.25. The van der Waals surface area contributed by atoms with E-state index in [1.165, 1.54) is 0 Å². The van der Waals surface area contributed by atoms with E-state index in [1.54, 1.807) is 30.5 Å². The number of pyridine rings is 1. The van der Waals surface area contributed by atoms with Gasteiger partial charge in [0.15, 0.2) is 0 Å². The monoisotopic (exact) mass is 426 g/mol. The van der Waals surface area contributed by atoms with Crippen LogP contribution in [0.2, 0.25) is 0 Å². The lowest BCUT2D eigenvalue weighted by molar-refractivity contribution is 0.0729. The van der Waals surface area contributed by atoms with Crippen molar-refractivity contribution in [3.05, 3.63) is 94.9 Å². The molecule has 1 aliphatic heterocycles. The van der Waals surface area contributed by atoms with E-state index >= 15 is 0 Å². The summed E-state index contributed by atoms with van der Waals surface area (Å²) in [5.74, 6) is 0.670. The number of aromatic hydroxyl groups is 1. The maximum atomic E-state index is 13.5. The number of fused-ring (bicyclic) bond motifs is 1. The first-order valence-electron chi connectivity index (χ1n) is 10.3. The number of amides is 1. The summed E-state index contributed by atoms with van der Waals surface area (Å²) in [6.45, 7) is 2.34. The highest BCUT2D eigenvalue weighted by Gasteiger charge is 2.42. The van der Waals surface area contributed by atoms with Gasteiger partial charge in [0.2, 0.25) is 0 Å². The lowest BCUT2D eigenvalue weighted by Crippen LogP contribution is -2.29. The van der Waals surface area contributed by atoms with Crippen molar-refractivity contribution in [2.45, 2.75) is 19.5 Å². The number of nitrogens with zero attached hydrogens (tertiary/aromatic N) is 3. The van der Waals surface area contributed by atoms with E-state index in [4.69, 9.17) is 4.74 Å². The Morgan fingerprint density at radius 2 is 2.03 bits per heavy atom. The maximum absolute atomic E-state index is 13.5. The highest BCUT2D eigenvalue weighted by Crippen LogP contribution is 2.45. The number of carbonyl (C=O) groups excluding carboxylic acids is 1. The van der Waals surface area contributed by atoms with Crippen LogP contribution in [0.25, 0.3) is 11.3 Å². The predicted molar refractivity (Wildman–Crippen MR) is 119 cm³/mol. The Balaban J connectivity index is 1.69. The minimum absolute atomic E-state index is 0.118. The molecule has 32 heavy (non-hydrogen) atoms. The molecule has 2 aromatic carbocycles. The largest absolute Gasteiger partial charge is 0.507 e. The van der Waals surface area contributed by atoms with Gasteiger partial charge in [-0.3, -0.25) is 14.9 Å². The average molecular weight is 426 g/mol. The van der Waals surface area contributed by atoms with Crippen molar-refractivity contribution in [3.63, 3.8) is 0 Å². The van der Waals surface area contributed by atoms with Gasteiger partial charge < -0.3 is 14.7 Å². The van der Waals surface area contributed by atoms with E-state index < -0.39 is 6.04 Å². The van der Waals surface area contributed by atoms with Gasteiger partial charge in [-0.25, -0.2) is 0 Å². The maximum Gasteiger partial charge on any atom is 0.273 e. The van der Waals surface area contributed by atoms with Gasteiger partial charge in [-0.05, 0) is 48.4 Å². The predicted octanol–water partition coefficient (Wildman–Crippen LogP) is 4.24. The van der Waals surface area contributed by atoms with E-state index in [2.05, 4.69) is 15.2 Å². The van der Waals surface area contributed by atoms with Gasteiger partial charge in [-0.1, -0.05) is 29.8 Å². The zero-order valence-electron chi connectivity index (χ0n) is 17.7. The van der Waals surface area contributed by atoms with Crippen molar-refractivity contribution in [1.29, 1.82) is 0 Å². The van der Waals surface area contributed by atoms with Crippen LogP contribution in [0.3, 0.4) is 0 Å². The topological polar surface area (TPSA) is 91.3 Å². The third-order valence-corrected chi connectivity index (χ3v) is 5.76. The summed E-state index contributed by atoms with van der Waals surface area (Å²) in [5, 5.41) is 17.9. The molecule has 0 spiro atoms. The lowest BCUT2D eigenvalue weighted by atomic mass is 9.95. The Hall–Kier alpha value is -4.13. The Bertz CT molecular complexity index is 1300. The molecule has 3 heterocycles. The standard InChI is InChI=1S/C25H22N4O3/c1-15-8-9-20(30)19(11-15)22-21-23(28-27-22)25(31)29(14-16-5-4-10-26-13-16)24(21)17-6-3-7-18(12-17)32-2/h3-13,24,30H,14H2,1-2H3,(H,27,28)/t24-/m0/s1. The second-order valence-electron chi connectivity index (χ2n) is 7.85. The number of hydrogen-bond donors (Lipinski definition) is 2. The van der Waals surface area contributed by atoms with Gasteiger partial charge in [0.05, 0.1) is 13.2 Å². The van der Waals surface area contributed by atoms with Gasteiger partial charge in [-0.2, -0.15) is 5.10 Å². The first-order chi connectivity index (χ1) is 15.6. The molecule has 0 fully saturated rings. The summed E-state index contributed by atoms with van der Waals surface area (Å²) in [6, 6.07) is 16.4. The SMILES string of the molecule is COc1cccc([C@H]2c3c(-c4cc(C)ccc4O)n[nH]c3C(=O)N2Cc2cccnc2)c1. The smallest absolute Gasteiger partial charge is 0.273 e. The Kier molecular flexibility index (Phi) is 4.86. The molecule has 0 radical (unpaired) electrons. The van der Waals surface area contributed by atoms with Crippen LogP contribution in [0.5, 0.6) is 11.5 Å². The third-order valence-electron chi connectivity index (χ3n) is 5.76. The van der Waals surface area contributed by atoms with Crippen LogP contribution in [-0.2, 0) is 6.54 Å². The van der Waals surface area contributed by atoms with Gasteiger partial charge in [0, 0.05) is 30.1 Å². The van der Waals surface area contributed by atoms with Crippen LogP contribution < -0.4 is 4.74 Å². The molecule has 160 valence electrons. The second-order valence-corrected chi connectivity index (χ2v) is 7.85. The van der Waals surface area contributed by atoms with Crippen molar-refractivity contribution in [3.8, 4) is 22.8 Å². The number of rotatable bonds is 5. The van der Waals surface area contributed by atoms with E-state index in [0.717, 1.165) is 22.3 Å². The summed E-state index contributed by atoms with van der Waals surface area (Å²) < 4.78 is 5.44. The molecule has 0 aliphatic carbocycles. The van der Waals surface area contributed by atoms with Crippen molar-refractivity contribution in [2.24, 2.45) is 0 Å². The number of benzene rings is 2. The number of H-pyrrole nitrogens is 1. The fourth-order valence-electron chi connectivity index (χ4n) is 4.25. The third kappa shape index (κ3) is 3.28. The Labute approximate surface area is 185 Å². The van der Waals surface area contributed by atoms with Gasteiger partial charge in [0.25, 0.3) is 5.91 Å². The molecule has 7 nitrogen and oxygen atoms in total. The normalized spacial score (nSPS) is 15.1. The van der Waals surface area contributed by atoms with Gasteiger partial charge in [-0.15, -0.1) is 0 Å². The van der Waals surface area contributed by atoms with E-state index in [9.17, 15) is 9.90 Å². The molecule has 5 rings (SSSR count). The fraction of sp³-hybridized carbons (Fsp3) is 0.160. The van der Waals surface area contributed by atoms with Crippen LogP contribution in [0.1, 0.15) is 38.8 Å². The second kappa shape index (κ2) is 7.85. The number of aromatic amines is 1. The van der Waals surface area contributed by atoms with Crippen LogP contribution in [0, 0.1) is 6.92 Å². The quantitative estimate of drug-likeness (QED) is 0.498. The average Bonchev–Trinajstić information content (AvgIpc) is 3.35. The van der Waals surface area contributed by atoms with Crippen LogP contribution in [0.15, 0.2) is 67.0 Å². The molecule has 1 amide bonds. The number of carbonyl (C=O) groups is 1. The number of methoxy groups -OCH3 is 1. The number of aryl methyl sites for hydroxylation is 1. The number of phenols is 1. The van der Waals surface area contributed by atoms with Crippen molar-refractivity contribution in [2.75, 3.05) is 7.11 Å². The van der Waals surface area contributed by atoms with Crippen LogP contribution in [0.4, 0.5) is 0 Å². The van der Waals surface area contributed by atoms with E-state index in [-0.39, 0.29) is 11.7 Å². The molecule has 4 aromatic rings. The zero-order valence-corrected chi connectivity index (χ0v) is 17.7. The van der Waals surface area contributed by atoms with Gasteiger partial charge in [0.1, 0.15) is 22.9 Å². The molecule has 2 N–H and O–H groups in total. The number of ether oxygens (including phenoxy) is 1. The molecular formula is C25H22N4O3.